The molecule has 2 N–H and O–H groups in total. The number of benzene rings is 1. The van der Waals surface area contributed by atoms with E-state index in [0.29, 0.717) is 16.3 Å². The average Bonchev–Trinajstić information content (AvgIpc) is 2.12. The molecule has 0 saturated carbocycles. The third-order valence-electron chi connectivity index (χ3n) is 1.35. The zero-order valence-corrected chi connectivity index (χ0v) is 8.24. The molecule has 1 aromatic carbocycles. The summed E-state index contributed by atoms with van der Waals surface area (Å²) in [6, 6.07) is 2.75. The third kappa shape index (κ3) is 2.38. The fourth-order valence-electron chi connectivity index (χ4n) is 0.682. The molecule has 12 heavy (non-hydrogen) atoms. The van der Waals surface area contributed by atoms with Gasteiger partial charge in [-0.05, 0) is 19.1 Å². The lowest BCUT2D eigenvalue weighted by Crippen LogP contribution is -1.90. The number of nitrogen functional groups attached to an aromatic ring is 1. The average molecular weight is 190 g/mol. The Bertz CT molecular complexity index is 234. The first-order chi connectivity index (χ1) is 5.63. The van der Waals surface area contributed by atoms with E-state index in [1.165, 1.54) is 12.1 Å². The molecule has 0 unspecified atom stereocenters. The lowest BCUT2D eigenvalue weighted by molar-refractivity contribution is 0.619. The summed E-state index contributed by atoms with van der Waals surface area (Å²) in [6.45, 7) is 5.59. The molecule has 1 rings (SSSR count). The first-order valence-corrected chi connectivity index (χ1v) is 4.21. The highest BCUT2D eigenvalue weighted by Crippen LogP contribution is 2.24. The number of anilines is 1. The number of rotatable bonds is 0. The van der Waals surface area contributed by atoms with Gasteiger partial charge in [0.15, 0.2) is 0 Å². The Kier molecular flexibility index (Phi) is 4.67. The summed E-state index contributed by atoms with van der Waals surface area (Å²) >= 11 is 5.62. The highest BCUT2D eigenvalue weighted by molar-refractivity contribution is 6.33. The van der Waals surface area contributed by atoms with Crippen LogP contribution in [0.1, 0.15) is 19.4 Å². The Morgan fingerprint density at radius 1 is 1.33 bits per heavy atom. The Morgan fingerprint density at radius 3 is 2.25 bits per heavy atom. The van der Waals surface area contributed by atoms with Gasteiger partial charge >= 0.3 is 0 Å². The zero-order valence-electron chi connectivity index (χ0n) is 7.49. The molecule has 0 aliphatic rings. The summed E-state index contributed by atoms with van der Waals surface area (Å²) in [7, 11) is 0. The molecule has 0 heterocycles. The van der Waals surface area contributed by atoms with Gasteiger partial charge in [-0.3, -0.25) is 0 Å². The molecular formula is C9H13ClFN. The molecule has 1 nitrogen and oxygen atoms in total. The van der Waals surface area contributed by atoms with Crippen molar-refractivity contribution in [2.45, 2.75) is 20.8 Å². The van der Waals surface area contributed by atoms with E-state index in [4.69, 9.17) is 17.3 Å². The molecule has 0 bridgehead atoms. The van der Waals surface area contributed by atoms with Crippen LogP contribution in [0.4, 0.5) is 10.1 Å². The van der Waals surface area contributed by atoms with Crippen molar-refractivity contribution < 1.29 is 4.39 Å². The van der Waals surface area contributed by atoms with Gasteiger partial charge in [0.2, 0.25) is 0 Å². The second-order valence-electron chi connectivity index (χ2n) is 2.08. The molecule has 0 radical (unpaired) electrons. The molecule has 0 aliphatic carbocycles. The van der Waals surface area contributed by atoms with Crippen molar-refractivity contribution in [1.29, 1.82) is 0 Å². The Labute approximate surface area is 77.3 Å². The van der Waals surface area contributed by atoms with E-state index in [2.05, 4.69) is 0 Å². The zero-order chi connectivity index (χ0) is 9.72. The van der Waals surface area contributed by atoms with E-state index in [9.17, 15) is 4.39 Å². The minimum Gasteiger partial charge on any atom is -0.398 e. The molecule has 0 fully saturated rings. The second-order valence-corrected chi connectivity index (χ2v) is 2.45. The van der Waals surface area contributed by atoms with Crippen LogP contribution < -0.4 is 5.73 Å². The van der Waals surface area contributed by atoms with Gasteiger partial charge in [-0.1, -0.05) is 25.4 Å². The van der Waals surface area contributed by atoms with Gasteiger partial charge in [0.05, 0.1) is 10.7 Å². The van der Waals surface area contributed by atoms with E-state index < -0.39 is 0 Å². The van der Waals surface area contributed by atoms with Crippen LogP contribution >= 0.6 is 11.6 Å². The van der Waals surface area contributed by atoms with Crippen molar-refractivity contribution in [1.82, 2.24) is 0 Å². The summed E-state index contributed by atoms with van der Waals surface area (Å²) in [5.74, 6) is -0.320. The SMILES string of the molecule is CC.Cc1c(F)ccc(N)c1Cl. The van der Waals surface area contributed by atoms with Gasteiger partial charge in [0.1, 0.15) is 5.82 Å². The first-order valence-electron chi connectivity index (χ1n) is 3.83. The molecule has 0 saturated heterocycles. The lowest BCUT2D eigenvalue weighted by Gasteiger charge is -2.01. The van der Waals surface area contributed by atoms with Crippen LogP contribution in [0, 0.1) is 12.7 Å². The van der Waals surface area contributed by atoms with Gasteiger partial charge in [-0.25, -0.2) is 4.39 Å². The van der Waals surface area contributed by atoms with Gasteiger partial charge in [0, 0.05) is 5.56 Å². The molecule has 0 spiro atoms. The molecule has 0 aliphatic heterocycles. The first kappa shape index (κ1) is 11.2. The van der Waals surface area contributed by atoms with Crippen molar-refractivity contribution in [2.75, 3.05) is 5.73 Å². The van der Waals surface area contributed by atoms with Gasteiger partial charge < -0.3 is 5.73 Å². The van der Waals surface area contributed by atoms with Crippen molar-refractivity contribution in [3.63, 3.8) is 0 Å². The topological polar surface area (TPSA) is 26.0 Å². The molecule has 3 heteroatoms. The number of halogens is 2. The molecule has 1 aromatic rings. The van der Waals surface area contributed by atoms with Crippen LogP contribution in [0.25, 0.3) is 0 Å². The summed E-state index contributed by atoms with van der Waals surface area (Å²) < 4.78 is 12.6. The van der Waals surface area contributed by atoms with Crippen molar-refractivity contribution in [3.8, 4) is 0 Å². The normalized spacial score (nSPS) is 8.75. The molecule has 0 amide bonds. The second kappa shape index (κ2) is 4.99. The van der Waals surface area contributed by atoms with Crippen LogP contribution in [-0.4, -0.2) is 0 Å². The maximum atomic E-state index is 12.6. The van der Waals surface area contributed by atoms with Gasteiger partial charge in [0.25, 0.3) is 0 Å². The summed E-state index contributed by atoms with van der Waals surface area (Å²) in [6.07, 6.45) is 0. The summed E-state index contributed by atoms with van der Waals surface area (Å²) in [4.78, 5) is 0. The van der Waals surface area contributed by atoms with E-state index in [1.807, 2.05) is 13.8 Å². The van der Waals surface area contributed by atoms with Gasteiger partial charge in [-0.2, -0.15) is 0 Å². The molecule has 68 valence electrons. The van der Waals surface area contributed by atoms with Crippen LogP contribution in [-0.2, 0) is 0 Å². The number of hydrogen-bond donors (Lipinski definition) is 1. The monoisotopic (exact) mass is 189 g/mol. The smallest absolute Gasteiger partial charge is 0.127 e. The summed E-state index contributed by atoms with van der Waals surface area (Å²) in [5, 5.41) is 0.306. The largest absolute Gasteiger partial charge is 0.398 e. The van der Waals surface area contributed by atoms with Crippen molar-refractivity contribution in [3.05, 3.63) is 28.5 Å². The quantitative estimate of drug-likeness (QED) is 0.622. The fourth-order valence-corrected chi connectivity index (χ4v) is 0.836. The lowest BCUT2D eigenvalue weighted by atomic mass is 10.2. The molecule has 0 aromatic heterocycles. The van der Waals surface area contributed by atoms with Crippen LogP contribution in [0.5, 0.6) is 0 Å². The van der Waals surface area contributed by atoms with Crippen molar-refractivity contribution in [2.24, 2.45) is 0 Å². The van der Waals surface area contributed by atoms with E-state index >= 15 is 0 Å². The Hall–Kier alpha value is -0.760. The van der Waals surface area contributed by atoms with E-state index in [1.54, 1.807) is 6.92 Å². The predicted molar refractivity (Wildman–Crippen MR) is 51.9 cm³/mol. The molecule has 0 atom stereocenters. The van der Waals surface area contributed by atoms with Gasteiger partial charge in [-0.15, -0.1) is 0 Å². The van der Waals surface area contributed by atoms with E-state index in [0.717, 1.165) is 0 Å². The van der Waals surface area contributed by atoms with E-state index in [-0.39, 0.29) is 5.82 Å². The van der Waals surface area contributed by atoms with Crippen molar-refractivity contribution >= 4 is 17.3 Å². The predicted octanol–water partition coefficient (Wildman–Crippen LogP) is 3.40. The highest BCUT2D eigenvalue weighted by Gasteiger charge is 2.03. The Morgan fingerprint density at radius 2 is 1.83 bits per heavy atom. The fraction of sp³-hybridized carbons (Fsp3) is 0.333. The molecular weight excluding hydrogens is 177 g/mol. The van der Waals surface area contributed by atoms with Crippen LogP contribution in [0.15, 0.2) is 12.1 Å². The highest BCUT2D eigenvalue weighted by atomic mass is 35.5. The van der Waals surface area contributed by atoms with Crippen LogP contribution in [0.3, 0.4) is 0 Å². The standard InChI is InChI=1S/C7H7ClFN.C2H6/c1-4-5(9)2-3-6(10)7(4)8;1-2/h2-3H,10H2,1H3;1-2H3. The third-order valence-corrected chi connectivity index (χ3v) is 1.85. The number of nitrogens with two attached hydrogens (primary N) is 1. The Balaban J connectivity index is 0.000000561. The number of hydrogen-bond acceptors (Lipinski definition) is 1. The maximum absolute atomic E-state index is 12.6. The maximum Gasteiger partial charge on any atom is 0.127 e. The minimum absolute atomic E-state index is 0.306. The summed E-state index contributed by atoms with van der Waals surface area (Å²) in [5.41, 5.74) is 6.21. The minimum atomic E-state index is -0.320. The van der Waals surface area contributed by atoms with Crippen LogP contribution in [0.2, 0.25) is 5.02 Å².